The van der Waals surface area contributed by atoms with Crippen LogP contribution in [0.5, 0.6) is 0 Å². The molecule has 2 rings (SSSR count). The Morgan fingerprint density at radius 3 is 2.61 bits per heavy atom. The van der Waals surface area contributed by atoms with Gasteiger partial charge in [-0.15, -0.1) is 0 Å². The van der Waals surface area contributed by atoms with Crippen LogP contribution in [0.2, 0.25) is 0 Å². The zero-order valence-corrected chi connectivity index (χ0v) is 12.7. The van der Waals surface area contributed by atoms with Crippen LogP contribution in [0, 0.1) is 11.7 Å². The minimum Gasteiger partial charge on any atom is -0.481 e. The molecule has 0 aliphatic heterocycles. The second-order valence-electron chi connectivity index (χ2n) is 5.16. The van der Waals surface area contributed by atoms with Gasteiger partial charge in [0.2, 0.25) is 0 Å². The van der Waals surface area contributed by atoms with Crippen molar-refractivity contribution in [2.75, 3.05) is 6.54 Å². The number of amides is 1. The Morgan fingerprint density at radius 1 is 1.30 bits per heavy atom. The summed E-state index contributed by atoms with van der Waals surface area (Å²) >= 11 is 0. The maximum Gasteiger partial charge on any atom is 0.308 e. The maximum atomic E-state index is 12.9. The lowest BCUT2D eigenvalue weighted by Crippen LogP contribution is -2.33. The third kappa shape index (κ3) is 4.38. The van der Waals surface area contributed by atoms with Crippen LogP contribution in [0.1, 0.15) is 30.3 Å². The van der Waals surface area contributed by atoms with Crippen molar-refractivity contribution in [3.8, 4) is 5.69 Å². The second kappa shape index (κ2) is 7.53. The molecule has 2 aromatic rings. The van der Waals surface area contributed by atoms with Crippen LogP contribution in [0.25, 0.3) is 5.69 Å². The van der Waals surface area contributed by atoms with E-state index in [0.29, 0.717) is 12.1 Å². The minimum absolute atomic E-state index is 0.0609. The highest BCUT2D eigenvalue weighted by Gasteiger charge is 2.18. The summed E-state index contributed by atoms with van der Waals surface area (Å²) in [5.41, 5.74) is 0.801. The van der Waals surface area contributed by atoms with Gasteiger partial charge in [-0.3, -0.25) is 9.59 Å². The van der Waals surface area contributed by atoms with E-state index in [4.69, 9.17) is 5.11 Å². The van der Waals surface area contributed by atoms with E-state index in [0.717, 1.165) is 6.42 Å². The fourth-order valence-electron chi connectivity index (χ4n) is 2.15. The SMILES string of the molecule is CCCC(CNC(=O)c1ccn(-c2ccc(F)cc2)n1)C(=O)O. The maximum absolute atomic E-state index is 12.9. The van der Waals surface area contributed by atoms with Gasteiger partial charge >= 0.3 is 5.97 Å². The molecule has 23 heavy (non-hydrogen) atoms. The monoisotopic (exact) mass is 319 g/mol. The molecule has 0 aliphatic rings. The van der Waals surface area contributed by atoms with E-state index >= 15 is 0 Å². The van der Waals surface area contributed by atoms with E-state index < -0.39 is 17.8 Å². The summed E-state index contributed by atoms with van der Waals surface area (Å²) in [5.74, 6) is -2.32. The Kier molecular flexibility index (Phi) is 5.46. The summed E-state index contributed by atoms with van der Waals surface area (Å²) in [6.07, 6.45) is 2.81. The molecule has 1 amide bonds. The lowest BCUT2D eigenvalue weighted by atomic mass is 10.0. The summed E-state index contributed by atoms with van der Waals surface area (Å²) in [6, 6.07) is 7.23. The van der Waals surface area contributed by atoms with E-state index in [9.17, 15) is 14.0 Å². The summed E-state index contributed by atoms with van der Waals surface area (Å²) in [5, 5.41) is 15.8. The first-order chi connectivity index (χ1) is 11.0. The third-order valence-electron chi connectivity index (χ3n) is 3.41. The largest absolute Gasteiger partial charge is 0.481 e. The summed E-state index contributed by atoms with van der Waals surface area (Å²) in [6.45, 7) is 1.95. The molecular formula is C16H18FN3O3. The van der Waals surface area contributed by atoms with E-state index in [1.54, 1.807) is 18.3 Å². The molecule has 6 nitrogen and oxygen atoms in total. The van der Waals surface area contributed by atoms with E-state index in [1.807, 2.05) is 6.92 Å². The highest BCUT2D eigenvalue weighted by atomic mass is 19.1. The molecular weight excluding hydrogens is 301 g/mol. The Balaban J connectivity index is 2.01. The molecule has 0 aliphatic carbocycles. The van der Waals surface area contributed by atoms with Crippen LogP contribution >= 0.6 is 0 Å². The normalized spacial score (nSPS) is 11.9. The van der Waals surface area contributed by atoms with E-state index in [1.165, 1.54) is 22.9 Å². The number of hydrogen-bond donors (Lipinski definition) is 2. The van der Waals surface area contributed by atoms with Crippen molar-refractivity contribution in [2.45, 2.75) is 19.8 Å². The quantitative estimate of drug-likeness (QED) is 0.820. The zero-order chi connectivity index (χ0) is 16.8. The lowest BCUT2D eigenvalue weighted by molar-refractivity contribution is -0.141. The van der Waals surface area contributed by atoms with Gasteiger partial charge in [-0.25, -0.2) is 9.07 Å². The van der Waals surface area contributed by atoms with Crippen molar-refractivity contribution >= 4 is 11.9 Å². The van der Waals surface area contributed by atoms with E-state index in [-0.39, 0.29) is 18.1 Å². The number of halogens is 1. The van der Waals surface area contributed by atoms with Gasteiger partial charge < -0.3 is 10.4 Å². The molecule has 1 heterocycles. The Labute approximate surface area is 132 Å². The molecule has 0 radical (unpaired) electrons. The fraction of sp³-hybridized carbons (Fsp3) is 0.312. The lowest BCUT2D eigenvalue weighted by Gasteiger charge is -2.11. The van der Waals surface area contributed by atoms with Crippen LogP contribution in [0.15, 0.2) is 36.5 Å². The van der Waals surface area contributed by atoms with Crippen LogP contribution in [-0.2, 0) is 4.79 Å². The van der Waals surface area contributed by atoms with Gasteiger partial charge in [-0.2, -0.15) is 5.10 Å². The Morgan fingerprint density at radius 2 is 2.00 bits per heavy atom. The Bertz CT molecular complexity index is 682. The Hall–Kier alpha value is -2.70. The predicted octanol–water partition coefficient (Wildman–Crippen LogP) is 2.24. The molecule has 0 saturated heterocycles. The van der Waals surface area contributed by atoms with Crippen LogP contribution in [-0.4, -0.2) is 33.3 Å². The van der Waals surface area contributed by atoms with Crippen molar-refractivity contribution in [3.05, 3.63) is 48.0 Å². The molecule has 0 fully saturated rings. The second-order valence-corrected chi connectivity index (χ2v) is 5.16. The van der Waals surface area contributed by atoms with Gasteiger partial charge in [0.15, 0.2) is 5.69 Å². The van der Waals surface area contributed by atoms with E-state index in [2.05, 4.69) is 10.4 Å². The van der Waals surface area contributed by atoms with Gasteiger partial charge in [-0.1, -0.05) is 13.3 Å². The average molecular weight is 319 g/mol. The molecule has 1 atom stereocenters. The van der Waals surface area contributed by atoms with Crippen molar-refractivity contribution in [1.82, 2.24) is 15.1 Å². The number of carbonyl (C=O) groups is 2. The highest BCUT2D eigenvalue weighted by Crippen LogP contribution is 2.09. The van der Waals surface area contributed by atoms with Gasteiger partial charge in [0.25, 0.3) is 5.91 Å². The summed E-state index contributed by atoms with van der Waals surface area (Å²) in [7, 11) is 0. The summed E-state index contributed by atoms with van der Waals surface area (Å²) < 4.78 is 14.4. The van der Waals surface area contributed by atoms with Gasteiger partial charge in [0.05, 0.1) is 11.6 Å². The first-order valence-electron chi connectivity index (χ1n) is 7.34. The van der Waals surface area contributed by atoms with Crippen LogP contribution in [0.3, 0.4) is 0 Å². The fourth-order valence-corrected chi connectivity index (χ4v) is 2.15. The molecule has 1 unspecified atom stereocenters. The third-order valence-corrected chi connectivity index (χ3v) is 3.41. The van der Waals surface area contributed by atoms with Crippen molar-refractivity contribution in [2.24, 2.45) is 5.92 Å². The zero-order valence-electron chi connectivity index (χ0n) is 12.7. The molecule has 0 saturated carbocycles. The predicted molar refractivity (Wildman–Crippen MR) is 81.9 cm³/mol. The number of carboxylic acid groups (broad SMARTS) is 1. The number of carbonyl (C=O) groups excluding carboxylic acids is 1. The number of aromatic nitrogens is 2. The number of benzene rings is 1. The molecule has 1 aromatic heterocycles. The number of aliphatic carboxylic acids is 1. The minimum atomic E-state index is -0.927. The smallest absolute Gasteiger partial charge is 0.308 e. The first kappa shape index (κ1) is 16.7. The summed E-state index contributed by atoms with van der Waals surface area (Å²) in [4.78, 5) is 23.1. The first-order valence-corrected chi connectivity index (χ1v) is 7.34. The standard InChI is InChI=1S/C16H18FN3O3/c1-2-3-11(16(22)23)10-18-15(21)14-8-9-20(19-14)13-6-4-12(17)5-7-13/h4-9,11H,2-3,10H2,1H3,(H,18,21)(H,22,23). The number of carboxylic acids is 1. The number of hydrogen-bond acceptors (Lipinski definition) is 3. The molecule has 0 bridgehead atoms. The van der Waals surface area contributed by atoms with Gasteiger partial charge in [-0.05, 0) is 36.8 Å². The van der Waals surface area contributed by atoms with Crippen LogP contribution < -0.4 is 5.32 Å². The molecule has 7 heteroatoms. The molecule has 122 valence electrons. The van der Waals surface area contributed by atoms with Crippen LogP contribution in [0.4, 0.5) is 4.39 Å². The number of nitrogens with one attached hydrogen (secondary N) is 1. The number of nitrogens with zero attached hydrogens (tertiary/aromatic N) is 2. The van der Waals surface area contributed by atoms with Gasteiger partial charge in [0, 0.05) is 12.7 Å². The average Bonchev–Trinajstić information content (AvgIpc) is 3.01. The topological polar surface area (TPSA) is 84.2 Å². The highest BCUT2D eigenvalue weighted by molar-refractivity contribution is 5.92. The molecule has 1 aromatic carbocycles. The van der Waals surface area contributed by atoms with Crippen molar-refractivity contribution < 1.29 is 19.1 Å². The molecule has 2 N–H and O–H groups in total. The van der Waals surface area contributed by atoms with Crippen molar-refractivity contribution in [3.63, 3.8) is 0 Å². The van der Waals surface area contributed by atoms with Gasteiger partial charge in [0.1, 0.15) is 5.82 Å². The molecule has 0 spiro atoms. The van der Waals surface area contributed by atoms with Crippen molar-refractivity contribution in [1.29, 1.82) is 0 Å². The number of rotatable bonds is 7.